The molecule has 1 aliphatic carbocycles. The second kappa shape index (κ2) is 8.86. The number of benzene rings is 1. The van der Waals surface area contributed by atoms with E-state index in [-0.39, 0.29) is 29.1 Å². The smallest absolute Gasteiger partial charge is 0.417 e. The minimum atomic E-state index is -4.53. The average Bonchev–Trinajstić information content (AvgIpc) is 3.57. The van der Waals surface area contributed by atoms with Gasteiger partial charge in [0, 0.05) is 31.4 Å². The average molecular weight is 473 g/mol. The summed E-state index contributed by atoms with van der Waals surface area (Å²) >= 11 is 5.91. The first-order chi connectivity index (χ1) is 15.1. The molecule has 1 saturated carbocycles. The monoisotopic (exact) mass is 472 g/mol. The molecule has 1 saturated heterocycles. The number of hydrogen-bond acceptors (Lipinski definition) is 4. The molecule has 0 atom stereocenters. The van der Waals surface area contributed by atoms with Gasteiger partial charge >= 0.3 is 12.1 Å². The van der Waals surface area contributed by atoms with Gasteiger partial charge in [0.15, 0.2) is 0 Å². The van der Waals surface area contributed by atoms with E-state index >= 15 is 0 Å². The highest BCUT2D eigenvalue weighted by atomic mass is 35.5. The van der Waals surface area contributed by atoms with Crippen LogP contribution in [-0.2, 0) is 12.7 Å². The lowest BCUT2D eigenvalue weighted by molar-refractivity contribution is -0.137. The number of ether oxygens (including phenoxy) is 1. The maximum absolute atomic E-state index is 14.7. The maximum Gasteiger partial charge on any atom is 0.417 e. The van der Waals surface area contributed by atoms with Crippen LogP contribution in [0.1, 0.15) is 58.6 Å². The van der Waals surface area contributed by atoms with Crippen molar-refractivity contribution >= 4 is 17.6 Å². The summed E-state index contributed by atoms with van der Waals surface area (Å²) in [6, 6.07) is 3.97. The first kappa shape index (κ1) is 22.8. The van der Waals surface area contributed by atoms with Gasteiger partial charge in [-0.15, -0.1) is 0 Å². The molecule has 4 rings (SSSR count). The van der Waals surface area contributed by atoms with Crippen LogP contribution in [0, 0.1) is 5.82 Å². The van der Waals surface area contributed by atoms with Crippen LogP contribution < -0.4 is 4.74 Å². The van der Waals surface area contributed by atoms with Gasteiger partial charge in [-0.3, -0.25) is 4.90 Å². The summed E-state index contributed by atoms with van der Waals surface area (Å²) in [5.74, 6) is -1.74. The molecule has 10 heteroatoms. The van der Waals surface area contributed by atoms with Gasteiger partial charge in [-0.1, -0.05) is 17.7 Å². The van der Waals surface area contributed by atoms with E-state index in [1.165, 1.54) is 6.07 Å². The molecule has 0 bridgehead atoms. The van der Waals surface area contributed by atoms with E-state index in [1.807, 2.05) is 4.90 Å². The number of aromatic nitrogens is 1. The van der Waals surface area contributed by atoms with Gasteiger partial charge in [-0.2, -0.15) is 13.2 Å². The molecule has 1 aliphatic heterocycles. The number of hydrogen-bond donors (Lipinski definition) is 1. The highest BCUT2D eigenvalue weighted by molar-refractivity contribution is 6.31. The highest BCUT2D eigenvalue weighted by Gasteiger charge is 2.32. The summed E-state index contributed by atoms with van der Waals surface area (Å²) in [6.07, 6.45) is -1.08. The molecule has 0 spiro atoms. The Balaban J connectivity index is 1.38. The summed E-state index contributed by atoms with van der Waals surface area (Å²) in [7, 11) is 0. The second-order valence-corrected chi connectivity index (χ2v) is 8.63. The Kier molecular flexibility index (Phi) is 6.31. The number of halogens is 5. The Morgan fingerprint density at radius 1 is 1.19 bits per heavy atom. The van der Waals surface area contributed by atoms with Gasteiger partial charge in [0.2, 0.25) is 5.88 Å². The number of carboxylic acid groups (broad SMARTS) is 1. The van der Waals surface area contributed by atoms with Crippen molar-refractivity contribution in [2.24, 2.45) is 0 Å². The Morgan fingerprint density at radius 3 is 2.44 bits per heavy atom. The predicted octanol–water partition coefficient (Wildman–Crippen LogP) is 5.51. The van der Waals surface area contributed by atoms with Gasteiger partial charge in [0.25, 0.3) is 0 Å². The lowest BCUT2D eigenvalue weighted by Gasteiger charge is -2.32. The summed E-state index contributed by atoms with van der Waals surface area (Å²) in [6.45, 7) is 1.38. The predicted molar refractivity (Wildman–Crippen MR) is 109 cm³/mol. The molecule has 0 radical (unpaired) electrons. The number of piperidine rings is 1. The fourth-order valence-corrected chi connectivity index (χ4v) is 4.09. The van der Waals surface area contributed by atoms with Gasteiger partial charge < -0.3 is 9.84 Å². The molecule has 2 aromatic rings. The van der Waals surface area contributed by atoms with E-state index in [9.17, 15) is 27.5 Å². The summed E-state index contributed by atoms with van der Waals surface area (Å²) < 4.78 is 58.7. The first-order valence-corrected chi connectivity index (χ1v) is 10.7. The van der Waals surface area contributed by atoms with Gasteiger partial charge in [0.1, 0.15) is 16.9 Å². The molecule has 1 N–H and O–H groups in total. The third kappa shape index (κ3) is 5.15. The largest absolute Gasteiger partial charge is 0.478 e. The van der Waals surface area contributed by atoms with Crippen LogP contribution in [0.5, 0.6) is 5.88 Å². The number of pyridine rings is 1. The molecule has 2 heterocycles. The fraction of sp³-hybridized carbons (Fsp3) is 0.455. The summed E-state index contributed by atoms with van der Waals surface area (Å²) in [5.41, 5.74) is -0.0230. The fourth-order valence-electron chi connectivity index (χ4n) is 3.88. The normalized spacial score (nSPS) is 18.0. The van der Waals surface area contributed by atoms with E-state index in [0.29, 0.717) is 43.6 Å². The highest BCUT2D eigenvalue weighted by Crippen LogP contribution is 2.41. The second-order valence-electron chi connectivity index (χ2n) is 8.22. The van der Waals surface area contributed by atoms with Crippen molar-refractivity contribution in [2.45, 2.75) is 50.4 Å². The van der Waals surface area contributed by atoms with Crippen molar-refractivity contribution in [3.63, 3.8) is 0 Å². The van der Waals surface area contributed by atoms with Gasteiger partial charge in [0.05, 0.1) is 11.1 Å². The van der Waals surface area contributed by atoms with Crippen LogP contribution in [0.15, 0.2) is 24.4 Å². The van der Waals surface area contributed by atoms with Crippen molar-refractivity contribution in [3.05, 3.63) is 57.5 Å². The van der Waals surface area contributed by atoms with Crippen LogP contribution in [-0.4, -0.2) is 40.2 Å². The van der Waals surface area contributed by atoms with Gasteiger partial charge in [-0.05, 0) is 49.3 Å². The number of carbonyl (C=O) groups is 1. The van der Waals surface area contributed by atoms with Crippen molar-refractivity contribution in [1.29, 1.82) is 0 Å². The van der Waals surface area contributed by atoms with E-state index in [0.717, 1.165) is 24.5 Å². The molecular formula is C22H21ClF4N2O3. The van der Waals surface area contributed by atoms with Crippen LogP contribution in [0.25, 0.3) is 0 Å². The minimum Gasteiger partial charge on any atom is -0.478 e. The Labute approximate surface area is 187 Å². The molecule has 0 amide bonds. The Hall–Kier alpha value is -2.39. The number of aromatic carboxylic acids is 1. The number of nitrogens with zero attached hydrogens (tertiary/aromatic N) is 2. The zero-order valence-electron chi connectivity index (χ0n) is 17.0. The van der Waals surface area contributed by atoms with Crippen molar-refractivity contribution < 1.29 is 32.2 Å². The molecule has 2 fully saturated rings. The molecular weight excluding hydrogens is 452 g/mol. The molecule has 2 aliphatic rings. The lowest BCUT2D eigenvalue weighted by atomic mass is 10.00. The summed E-state index contributed by atoms with van der Waals surface area (Å²) in [4.78, 5) is 17.1. The number of rotatable bonds is 6. The molecule has 172 valence electrons. The number of alkyl halides is 3. The number of carboxylic acids is 1. The van der Waals surface area contributed by atoms with Crippen molar-refractivity contribution in [2.75, 3.05) is 13.1 Å². The number of likely N-dealkylation sites (tertiary alicyclic amines) is 1. The Bertz CT molecular complexity index is 1020. The zero-order valence-corrected chi connectivity index (χ0v) is 17.7. The third-order valence-electron chi connectivity index (χ3n) is 5.79. The zero-order chi connectivity index (χ0) is 23.0. The van der Waals surface area contributed by atoms with Gasteiger partial charge in [-0.25, -0.2) is 14.2 Å². The van der Waals surface area contributed by atoms with E-state index in [2.05, 4.69) is 4.98 Å². The minimum absolute atomic E-state index is 0.0487. The van der Waals surface area contributed by atoms with Crippen molar-refractivity contribution in [1.82, 2.24) is 9.88 Å². The topological polar surface area (TPSA) is 62.7 Å². The molecule has 0 unspecified atom stereocenters. The van der Waals surface area contributed by atoms with E-state index < -0.39 is 23.5 Å². The molecule has 32 heavy (non-hydrogen) atoms. The van der Waals surface area contributed by atoms with Crippen molar-refractivity contribution in [3.8, 4) is 5.88 Å². The molecule has 1 aromatic carbocycles. The van der Waals surface area contributed by atoms with Crippen LogP contribution in [0.3, 0.4) is 0 Å². The Morgan fingerprint density at radius 2 is 1.88 bits per heavy atom. The van der Waals surface area contributed by atoms with Crippen LogP contribution >= 0.6 is 11.6 Å². The molecule has 1 aromatic heterocycles. The maximum atomic E-state index is 14.7. The standard InChI is InChI=1S/C22H21ClF4N2O3/c23-18-9-15(22(25,26)27)10-28-20(18)32-16-3-5-29(6-4-16)11-14-7-13(12-1-2-12)8-17(19(14)24)21(30)31/h7-10,12,16H,1-6,11H2,(H,30,31). The van der Waals surface area contributed by atoms with Crippen LogP contribution in [0.2, 0.25) is 5.02 Å². The third-order valence-corrected chi connectivity index (χ3v) is 6.06. The first-order valence-electron chi connectivity index (χ1n) is 10.3. The summed E-state index contributed by atoms with van der Waals surface area (Å²) in [5, 5.41) is 9.13. The molecule has 5 nitrogen and oxygen atoms in total. The van der Waals surface area contributed by atoms with E-state index in [4.69, 9.17) is 16.3 Å². The quantitative estimate of drug-likeness (QED) is 0.561. The lowest BCUT2D eigenvalue weighted by Crippen LogP contribution is -2.38. The van der Waals surface area contributed by atoms with Crippen LogP contribution in [0.4, 0.5) is 17.6 Å². The van der Waals surface area contributed by atoms with E-state index in [1.54, 1.807) is 6.07 Å². The SMILES string of the molecule is O=C(O)c1cc(C2CC2)cc(CN2CCC(Oc3ncc(C(F)(F)F)cc3Cl)CC2)c1F.